The number of rotatable bonds is 7. The molecule has 0 bridgehead atoms. The van der Waals surface area contributed by atoms with Gasteiger partial charge in [-0.25, -0.2) is 0 Å². The molecule has 2 aromatic rings. The van der Waals surface area contributed by atoms with Gasteiger partial charge in [0.25, 0.3) is 5.91 Å². The standard InChI is InChI=1S/C23H31N3O2/c1-18(2)20-6-10-22(11-7-20)28-17-23(27)24-16-19-4-8-21(9-5-19)26-14-12-25(3)13-15-26/h4-11,18H,12-17H2,1-3H3,(H,24,27). The van der Waals surface area contributed by atoms with Crippen LogP contribution >= 0.6 is 0 Å². The molecule has 0 aliphatic carbocycles. The van der Waals surface area contributed by atoms with Crippen molar-refractivity contribution in [3.05, 3.63) is 59.7 Å². The molecule has 0 radical (unpaired) electrons. The summed E-state index contributed by atoms with van der Waals surface area (Å²) >= 11 is 0. The number of nitrogens with zero attached hydrogens (tertiary/aromatic N) is 2. The summed E-state index contributed by atoms with van der Waals surface area (Å²) in [4.78, 5) is 16.8. The van der Waals surface area contributed by atoms with Crippen LogP contribution in [0, 0.1) is 0 Å². The van der Waals surface area contributed by atoms with Gasteiger partial charge >= 0.3 is 0 Å². The summed E-state index contributed by atoms with van der Waals surface area (Å²) < 4.78 is 5.58. The molecule has 1 heterocycles. The smallest absolute Gasteiger partial charge is 0.258 e. The molecule has 2 aromatic carbocycles. The molecule has 1 saturated heterocycles. The monoisotopic (exact) mass is 381 g/mol. The zero-order valence-electron chi connectivity index (χ0n) is 17.1. The van der Waals surface area contributed by atoms with E-state index in [1.165, 1.54) is 11.3 Å². The Kier molecular flexibility index (Phi) is 6.93. The summed E-state index contributed by atoms with van der Waals surface area (Å²) in [6.07, 6.45) is 0. The largest absolute Gasteiger partial charge is 0.484 e. The third kappa shape index (κ3) is 5.73. The van der Waals surface area contributed by atoms with Crippen molar-refractivity contribution in [2.75, 3.05) is 44.7 Å². The number of benzene rings is 2. The zero-order chi connectivity index (χ0) is 19.9. The van der Waals surface area contributed by atoms with Gasteiger partial charge in [0.15, 0.2) is 6.61 Å². The normalized spacial score (nSPS) is 14.9. The third-order valence-electron chi connectivity index (χ3n) is 5.21. The van der Waals surface area contributed by atoms with E-state index in [2.05, 4.69) is 60.3 Å². The van der Waals surface area contributed by atoms with E-state index in [1.54, 1.807) is 0 Å². The van der Waals surface area contributed by atoms with Gasteiger partial charge in [0, 0.05) is 38.4 Å². The number of hydrogen-bond acceptors (Lipinski definition) is 4. The summed E-state index contributed by atoms with van der Waals surface area (Å²) in [5.74, 6) is 1.09. The van der Waals surface area contributed by atoms with Crippen LogP contribution in [0.15, 0.2) is 48.5 Å². The van der Waals surface area contributed by atoms with Crippen molar-refractivity contribution in [2.24, 2.45) is 0 Å². The molecule has 1 aliphatic rings. The minimum absolute atomic E-state index is 0.0282. The Morgan fingerprint density at radius 2 is 1.64 bits per heavy atom. The van der Waals surface area contributed by atoms with Crippen LogP contribution in [0.3, 0.4) is 0 Å². The third-order valence-corrected chi connectivity index (χ3v) is 5.21. The van der Waals surface area contributed by atoms with Crippen LogP contribution in [-0.4, -0.2) is 50.6 Å². The van der Waals surface area contributed by atoms with Crippen LogP contribution in [0.5, 0.6) is 5.75 Å². The highest BCUT2D eigenvalue weighted by Gasteiger charge is 2.14. The lowest BCUT2D eigenvalue weighted by atomic mass is 10.0. The maximum Gasteiger partial charge on any atom is 0.258 e. The lowest BCUT2D eigenvalue weighted by Gasteiger charge is -2.34. The van der Waals surface area contributed by atoms with E-state index in [1.807, 2.05) is 24.3 Å². The van der Waals surface area contributed by atoms with E-state index in [4.69, 9.17) is 4.74 Å². The predicted octanol–water partition coefficient (Wildman–Crippen LogP) is 3.26. The molecule has 1 amide bonds. The van der Waals surface area contributed by atoms with E-state index in [0.29, 0.717) is 12.5 Å². The number of carbonyl (C=O) groups excluding carboxylic acids is 1. The second-order valence-electron chi connectivity index (χ2n) is 7.75. The maximum absolute atomic E-state index is 12.1. The van der Waals surface area contributed by atoms with Crippen LogP contribution in [0.2, 0.25) is 0 Å². The first kappa shape index (κ1) is 20.2. The Morgan fingerprint density at radius 3 is 2.25 bits per heavy atom. The van der Waals surface area contributed by atoms with Gasteiger partial charge in [-0.2, -0.15) is 0 Å². The molecular formula is C23H31N3O2. The van der Waals surface area contributed by atoms with Crippen molar-refractivity contribution in [1.29, 1.82) is 0 Å². The zero-order valence-corrected chi connectivity index (χ0v) is 17.1. The number of nitrogens with one attached hydrogen (secondary N) is 1. The molecule has 0 atom stereocenters. The average molecular weight is 382 g/mol. The van der Waals surface area contributed by atoms with Gasteiger partial charge in [-0.1, -0.05) is 38.1 Å². The highest BCUT2D eigenvalue weighted by molar-refractivity contribution is 5.77. The van der Waals surface area contributed by atoms with E-state index >= 15 is 0 Å². The number of ether oxygens (including phenoxy) is 1. The molecule has 0 spiro atoms. The first-order chi connectivity index (χ1) is 13.5. The molecule has 5 nitrogen and oxygen atoms in total. The Balaban J connectivity index is 1.41. The number of hydrogen-bond donors (Lipinski definition) is 1. The molecule has 28 heavy (non-hydrogen) atoms. The molecule has 1 aliphatic heterocycles. The molecule has 5 heteroatoms. The Morgan fingerprint density at radius 1 is 1.00 bits per heavy atom. The van der Waals surface area contributed by atoms with Crippen LogP contribution in [0.25, 0.3) is 0 Å². The topological polar surface area (TPSA) is 44.8 Å². The number of amides is 1. The second kappa shape index (κ2) is 9.60. The van der Waals surface area contributed by atoms with E-state index in [0.717, 1.165) is 37.5 Å². The Labute approximate surface area is 168 Å². The van der Waals surface area contributed by atoms with Gasteiger partial charge < -0.3 is 19.9 Å². The first-order valence-corrected chi connectivity index (χ1v) is 10.0. The van der Waals surface area contributed by atoms with Gasteiger partial charge in [0.1, 0.15) is 5.75 Å². The predicted molar refractivity (Wildman–Crippen MR) is 114 cm³/mol. The summed E-state index contributed by atoms with van der Waals surface area (Å²) in [7, 11) is 2.16. The fraction of sp³-hybridized carbons (Fsp3) is 0.435. The van der Waals surface area contributed by atoms with Crippen molar-refractivity contribution in [2.45, 2.75) is 26.3 Å². The molecule has 1 fully saturated rings. The number of likely N-dealkylation sites (N-methyl/N-ethyl adjacent to an activating group) is 1. The number of anilines is 1. The number of piperazine rings is 1. The van der Waals surface area contributed by atoms with Gasteiger partial charge in [-0.15, -0.1) is 0 Å². The average Bonchev–Trinajstić information content (AvgIpc) is 2.72. The maximum atomic E-state index is 12.1. The lowest BCUT2D eigenvalue weighted by molar-refractivity contribution is -0.123. The highest BCUT2D eigenvalue weighted by atomic mass is 16.5. The van der Waals surface area contributed by atoms with E-state index in [-0.39, 0.29) is 12.5 Å². The number of carbonyl (C=O) groups is 1. The fourth-order valence-corrected chi connectivity index (χ4v) is 3.24. The lowest BCUT2D eigenvalue weighted by Crippen LogP contribution is -2.44. The van der Waals surface area contributed by atoms with E-state index < -0.39 is 0 Å². The van der Waals surface area contributed by atoms with Crippen molar-refractivity contribution >= 4 is 11.6 Å². The van der Waals surface area contributed by atoms with Crippen LogP contribution < -0.4 is 15.0 Å². The van der Waals surface area contributed by atoms with E-state index in [9.17, 15) is 4.79 Å². The van der Waals surface area contributed by atoms with Crippen molar-refractivity contribution in [3.8, 4) is 5.75 Å². The van der Waals surface area contributed by atoms with Crippen LogP contribution in [0.4, 0.5) is 5.69 Å². The Bertz CT molecular complexity index is 748. The van der Waals surface area contributed by atoms with Crippen LogP contribution in [0.1, 0.15) is 30.9 Å². The summed E-state index contributed by atoms with van der Waals surface area (Å²) in [5, 5.41) is 2.92. The molecule has 1 N–H and O–H groups in total. The second-order valence-corrected chi connectivity index (χ2v) is 7.75. The minimum Gasteiger partial charge on any atom is -0.484 e. The van der Waals surface area contributed by atoms with Gasteiger partial charge in [0.05, 0.1) is 0 Å². The summed E-state index contributed by atoms with van der Waals surface area (Å²) in [5.41, 5.74) is 3.60. The highest BCUT2D eigenvalue weighted by Crippen LogP contribution is 2.19. The quantitative estimate of drug-likeness (QED) is 0.800. The molecule has 3 rings (SSSR count). The first-order valence-electron chi connectivity index (χ1n) is 10.0. The SMILES string of the molecule is CC(C)c1ccc(OCC(=O)NCc2ccc(N3CCN(C)CC3)cc2)cc1. The van der Waals surface area contributed by atoms with Crippen molar-refractivity contribution < 1.29 is 9.53 Å². The molecule has 0 saturated carbocycles. The van der Waals surface area contributed by atoms with Crippen LogP contribution in [-0.2, 0) is 11.3 Å². The Hall–Kier alpha value is -2.53. The molecular weight excluding hydrogens is 350 g/mol. The molecule has 150 valence electrons. The summed E-state index contributed by atoms with van der Waals surface area (Å²) in [6, 6.07) is 16.4. The van der Waals surface area contributed by atoms with Gasteiger partial charge in [-0.05, 0) is 48.4 Å². The van der Waals surface area contributed by atoms with Gasteiger partial charge in [0.2, 0.25) is 0 Å². The minimum atomic E-state index is -0.115. The van der Waals surface area contributed by atoms with Gasteiger partial charge in [-0.3, -0.25) is 4.79 Å². The fourth-order valence-electron chi connectivity index (χ4n) is 3.24. The molecule has 0 unspecified atom stereocenters. The molecule has 0 aromatic heterocycles. The summed E-state index contributed by atoms with van der Waals surface area (Å²) in [6.45, 7) is 9.15. The van der Waals surface area contributed by atoms with Crippen molar-refractivity contribution in [1.82, 2.24) is 10.2 Å². The van der Waals surface area contributed by atoms with Crippen molar-refractivity contribution in [3.63, 3.8) is 0 Å².